The normalized spacial score (nSPS) is 10.6. The second-order valence-electron chi connectivity index (χ2n) is 5.25. The number of hydrogen-bond donors (Lipinski definition) is 4. The van der Waals surface area contributed by atoms with Crippen LogP contribution < -0.4 is 11.2 Å². The zero-order valence-electron chi connectivity index (χ0n) is 14.9. The van der Waals surface area contributed by atoms with Crippen LogP contribution in [0.5, 0.6) is 11.5 Å². The van der Waals surface area contributed by atoms with Crippen molar-refractivity contribution in [2.75, 3.05) is 0 Å². The Bertz CT molecular complexity index is 979. The van der Waals surface area contributed by atoms with E-state index < -0.39 is 0 Å². The van der Waals surface area contributed by atoms with Crippen molar-refractivity contribution in [3.05, 3.63) is 81.7 Å². The van der Waals surface area contributed by atoms with Crippen LogP contribution in [0.25, 0.3) is 0 Å². The molecule has 0 atom stereocenters. The number of nitrogens with one attached hydrogen (secondary N) is 1. The molecule has 29 heavy (non-hydrogen) atoms. The molecule has 0 amide bonds. The number of thiophene rings is 1. The Labute approximate surface area is 187 Å². The number of aromatic hydroxyl groups is 2. The minimum absolute atomic E-state index is 0. The number of nitrogens with two attached hydrogens (primary N) is 1. The largest absolute Gasteiger partial charge is 0.618 e. The van der Waals surface area contributed by atoms with Crippen molar-refractivity contribution in [3.8, 4) is 11.5 Å². The maximum absolute atomic E-state index is 11.6. The molecule has 0 bridgehead atoms. The number of nitrogens with zero attached hydrogens (tertiary/aromatic N) is 2. The first kappa shape index (κ1) is 24.1. The standard InChI is InChI=1S/C11H9NO2S.C8H9N3OS.Cu/c13-11-6-2-1-5-10(11)12(14)8-9-4-3-7-15-9;9-8(13)11-10-5-6-3-1-2-4-7(6)12;/h1-8,13H;1-5,12H,(H3,9,11,13);/b12-8-;10-5+;. The second-order valence-corrected chi connectivity index (χ2v) is 6.67. The van der Waals surface area contributed by atoms with Crippen molar-refractivity contribution in [1.29, 1.82) is 0 Å². The Morgan fingerprint density at radius 1 is 1.07 bits per heavy atom. The first-order chi connectivity index (χ1) is 13.5. The van der Waals surface area contributed by atoms with E-state index in [2.05, 4.69) is 22.7 Å². The topological polar surface area (TPSA) is 117 Å². The number of hydrogen-bond acceptors (Lipinski definition) is 6. The molecule has 0 saturated carbocycles. The maximum atomic E-state index is 11.6. The molecular formula is C19H18CuN4O3S2. The fourth-order valence-electron chi connectivity index (χ4n) is 1.96. The molecule has 2 aromatic carbocycles. The summed E-state index contributed by atoms with van der Waals surface area (Å²) in [5, 5.41) is 36.1. The molecule has 0 aliphatic heterocycles. The van der Waals surface area contributed by atoms with Crippen molar-refractivity contribution in [1.82, 2.24) is 5.43 Å². The molecule has 0 fully saturated rings. The van der Waals surface area contributed by atoms with Crippen molar-refractivity contribution >= 4 is 46.8 Å². The summed E-state index contributed by atoms with van der Waals surface area (Å²) in [4.78, 5) is 0.855. The van der Waals surface area contributed by atoms with Crippen LogP contribution in [-0.2, 0) is 17.1 Å². The van der Waals surface area contributed by atoms with Crippen LogP contribution in [0.2, 0.25) is 0 Å². The molecule has 0 aliphatic carbocycles. The summed E-state index contributed by atoms with van der Waals surface area (Å²) in [5.41, 5.74) is 8.39. The van der Waals surface area contributed by atoms with E-state index in [0.29, 0.717) is 10.3 Å². The molecule has 0 aliphatic rings. The molecule has 0 spiro atoms. The number of thiocarbonyl (C=S) groups is 1. The molecule has 7 nitrogen and oxygen atoms in total. The van der Waals surface area contributed by atoms with Crippen LogP contribution in [0.1, 0.15) is 10.4 Å². The van der Waals surface area contributed by atoms with Crippen LogP contribution in [0, 0.1) is 5.21 Å². The summed E-state index contributed by atoms with van der Waals surface area (Å²) in [7, 11) is 0. The van der Waals surface area contributed by atoms with Crippen LogP contribution >= 0.6 is 23.6 Å². The van der Waals surface area contributed by atoms with Gasteiger partial charge in [-0.1, -0.05) is 30.3 Å². The van der Waals surface area contributed by atoms with Gasteiger partial charge in [-0.2, -0.15) is 9.84 Å². The van der Waals surface area contributed by atoms with Crippen molar-refractivity contribution in [2.24, 2.45) is 10.8 Å². The SMILES string of the molecule is NC(=S)N/N=C/c1ccccc1O.[Cu].[O-]/[N+](=C\c1cccs1)c1ccccc1O. The summed E-state index contributed by atoms with van der Waals surface area (Å²) < 4.78 is 0.668. The van der Waals surface area contributed by atoms with Gasteiger partial charge in [0.1, 0.15) is 5.75 Å². The van der Waals surface area contributed by atoms with E-state index in [9.17, 15) is 15.4 Å². The zero-order valence-corrected chi connectivity index (χ0v) is 17.5. The third kappa shape index (κ3) is 8.32. The molecule has 0 saturated heterocycles. The van der Waals surface area contributed by atoms with Gasteiger partial charge in [0, 0.05) is 28.7 Å². The van der Waals surface area contributed by atoms with Gasteiger partial charge in [0.25, 0.3) is 5.69 Å². The van der Waals surface area contributed by atoms with Crippen LogP contribution in [0.3, 0.4) is 0 Å². The predicted molar refractivity (Wildman–Crippen MR) is 117 cm³/mol. The van der Waals surface area contributed by atoms with Gasteiger partial charge in [-0.15, -0.1) is 11.3 Å². The Hall–Kier alpha value is -2.91. The molecule has 3 rings (SSSR count). The van der Waals surface area contributed by atoms with Gasteiger partial charge in [0.2, 0.25) is 0 Å². The molecule has 5 N–H and O–H groups in total. The Morgan fingerprint density at radius 2 is 1.72 bits per heavy atom. The van der Waals surface area contributed by atoms with Gasteiger partial charge in [-0.25, -0.2) is 0 Å². The minimum Gasteiger partial charge on any atom is -0.618 e. The number of benzene rings is 2. The van der Waals surface area contributed by atoms with E-state index in [4.69, 9.17) is 5.73 Å². The van der Waals surface area contributed by atoms with E-state index in [-0.39, 0.29) is 39.4 Å². The van der Waals surface area contributed by atoms with Crippen LogP contribution in [0.15, 0.2) is 71.1 Å². The van der Waals surface area contributed by atoms with E-state index in [1.54, 1.807) is 42.5 Å². The summed E-state index contributed by atoms with van der Waals surface area (Å²) in [6, 6.07) is 17.0. The van der Waals surface area contributed by atoms with E-state index in [0.717, 1.165) is 4.88 Å². The van der Waals surface area contributed by atoms with Gasteiger partial charge in [0.15, 0.2) is 17.1 Å². The van der Waals surface area contributed by atoms with Gasteiger partial charge < -0.3 is 21.2 Å². The Morgan fingerprint density at radius 3 is 2.31 bits per heavy atom. The third-order valence-electron chi connectivity index (χ3n) is 3.22. The smallest absolute Gasteiger partial charge is 0.258 e. The number of phenolic OH excluding ortho intramolecular Hbond substituents is 2. The fraction of sp³-hybridized carbons (Fsp3) is 0. The average molecular weight is 478 g/mol. The second kappa shape index (κ2) is 12.5. The minimum atomic E-state index is -0.0136. The molecule has 1 radical (unpaired) electrons. The van der Waals surface area contributed by atoms with Crippen molar-refractivity contribution in [2.45, 2.75) is 0 Å². The summed E-state index contributed by atoms with van der Waals surface area (Å²) >= 11 is 6.01. The monoisotopic (exact) mass is 477 g/mol. The molecule has 155 valence electrons. The molecule has 0 unspecified atom stereocenters. The van der Waals surface area contributed by atoms with Gasteiger partial charge >= 0.3 is 0 Å². The quantitative estimate of drug-likeness (QED) is 0.114. The van der Waals surface area contributed by atoms with Crippen LogP contribution in [-0.4, -0.2) is 32.5 Å². The summed E-state index contributed by atoms with van der Waals surface area (Å²) in [6.45, 7) is 0. The van der Waals surface area contributed by atoms with Crippen LogP contribution in [0.4, 0.5) is 5.69 Å². The average Bonchev–Trinajstić information content (AvgIpc) is 3.17. The molecule has 3 aromatic rings. The first-order valence-corrected chi connectivity index (χ1v) is 9.25. The molecular weight excluding hydrogens is 460 g/mol. The third-order valence-corrected chi connectivity index (χ3v) is 4.12. The van der Waals surface area contributed by atoms with E-state index in [1.165, 1.54) is 29.8 Å². The van der Waals surface area contributed by atoms with Gasteiger partial charge in [0.05, 0.1) is 11.1 Å². The van der Waals surface area contributed by atoms with E-state index >= 15 is 0 Å². The molecule has 1 heterocycles. The predicted octanol–water partition coefficient (Wildman–Crippen LogP) is 3.27. The van der Waals surface area contributed by atoms with Crippen molar-refractivity contribution < 1.29 is 32.0 Å². The molecule has 1 aromatic heterocycles. The Balaban J connectivity index is 0.000000284. The fourth-order valence-corrected chi connectivity index (χ4v) is 2.64. The maximum Gasteiger partial charge on any atom is 0.258 e. The number of phenols is 2. The Kier molecular flexibility index (Phi) is 10.4. The number of hydrazone groups is 1. The zero-order chi connectivity index (χ0) is 20.4. The first-order valence-electron chi connectivity index (χ1n) is 7.96. The van der Waals surface area contributed by atoms with Gasteiger partial charge in [-0.3, -0.25) is 5.43 Å². The van der Waals surface area contributed by atoms with E-state index in [1.807, 2.05) is 17.5 Å². The number of para-hydroxylation sites is 3. The number of rotatable bonds is 4. The summed E-state index contributed by atoms with van der Waals surface area (Å²) in [5.74, 6) is 0.149. The summed E-state index contributed by atoms with van der Waals surface area (Å²) in [6.07, 6.45) is 2.88. The van der Waals surface area contributed by atoms with Gasteiger partial charge in [-0.05, 0) is 41.9 Å². The molecule has 10 heteroatoms. The van der Waals surface area contributed by atoms with Crippen molar-refractivity contribution in [3.63, 3.8) is 0 Å².